The van der Waals surface area contributed by atoms with E-state index in [0.29, 0.717) is 18.9 Å². The highest BCUT2D eigenvalue weighted by Crippen LogP contribution is 2.08. The van der Waals surface area contributed by atoms with Gasteiger partial charge in [-0.2, -0.15) is 0 Å². The molecule has 0 bridgehead atoms. The number of rotatable bonds is 5. The largest absolute Gasteiger partial charge is 0.361 e. The van der Waals surface area contributed by atoms with Crippen molar-refractivity contribution >= 4 is 18.3 Å². The zero-order valence-corrected chi connectivity index (χ0v) is 12.2. The minimum Gasteiger partial charge on any atom is -0.361 e. The molecule has 6 heteroatoms. The Morgan fingerprint density at radius 2 is 2.17 bits per heavy atom. The van der Waals surface area contributed by atoms with E-state index in [9.17, 15) is 4.79 Å². The van der Waals surface area contributed by atoms with Crippen molar-refractivity contribution in [3.05, 3.63) is 17.5 Å². The van der Waals surface area contributed by atoms with E-state index in [2.05, 4.69) is 5.16 Å². The summed E-state index contributed by atoms with van der Waals surface area (Å²) in [7, 11) is 1.73. The Morgan fingerprint density at radius 3 is 2.61 bits per heavy atom. The molecule has 0 saturated carbocycles. The number of nitrogens with zero attached hydrogens (tertiary/aromatic N) is 2. The Kier molecular flexibility index (Phi) is 6.94. The summed E-state index contributed by atoms with van der Waals surface area (Å²) in [5.74, 6) is 1.10. The van der Waals surface area contributed by atoms with Gasteiger partial charge >= 0.3 is 0 Å². The van der Waals surface area contributed by atoms with Crippen LogP contribution in [0, 0.1) is 12.8 Å². The van der Waals surface area contributed by atoms with Crippen LogP contribution in [0.1, 0.15) is 31.7 Å². The maximum Gasteiger partial charge on any atom is 0.239 e. The molecule has 1 aromatic heterocycles. The van der Waals surface area contributed by atoms with Crippen molar-refractivity contribution in [2.24, 2.45) is 11.7 Å². The molecule has 1 heterocycles. The average Bonchev–Trinajstić information content (AvgIpc) is 2.61. The Labute approximate surface area is 114 Å². The Balaban J connectivity index is 0.00000289. The van der Waals surface area contributed by atoms with E-state index in [-0.39, 0.29) is 18.3 Å². The van der Waals surface area contributed by atoms with Crippen LogP contribution in [0.25, 0.3) is 0 Å². The molecule has 0 fully saturated rings. The van der Waals surface area contributed by atoms with Crippen molar-refractivity contribution in [2.75, 3.05) is 7.05 Å². The third kappa shape index (κ3) is 5.06. The van der Waals surface area contributed by atoms with Crippen molar-refractivity contribution in [1.82, 2.24) is 10.1 Å². The quantitative estimate of drug-likeness (QED) is 0.888. The second-order valence-electron chi connectivity index (χ2n) is 4.86. The van der Waals surface area contributed by atoms with Crippen LogP contribution in [0.15, 0.2) is 10.6 Å². The van der Waals surface area contributed by atoms with Crippen LogP contribution in [-0.2, 0) is 11.3 Å². The van der Waals surface area contributed by atoms with Crippen molar-refractivity contribution in [1.29, 1.82) is 0 Å². The van der Waals surface area contributed by atoms with E-state index in [1.807, 2.05) is 26.8 Å². The highest BCUT2D eigenvalue weighted by Gasteiger charge is 2.19. The Bertz CT molecular complexity index is 379. The molecule has 1 rings (SSSR count). The van der Waals surface area contributed by atoms with E-state index in [4.69, 9.17) is 10.3 Å². The van der Waals surface area contributed by atoms with Gasteiger partial charge in [-0.3, -0.25) is 4.79 Å². The smallest absolute Gasteiger partial charge is 0.239 e. The van der Waals surface area contributed by atoms with Gasteiger partial charge < -0.3 is 15.2 Å². The molecule has 18 heavy (non-hydrogen) atoms. The molecule has 0 aliphatic carbocycles. The standard InChI is InChI=1S/C12H21N3O2.ClH/c1-8(2)5-11(13)12(16)15(4)7-10-6-9(3)17-14-10;/h6,8,11H,5,7,13H2,1-4H3;1H/t11-;/m0./s1. The topological polar surface area (TPSA) is 72.4 Å². The fraction of sp³-hybridized carbons (Fsp3) is 0.667. The van der Waals surface area contributed by atoms with Gasteiger partial charge in [0.05, 0.1) is 12.6 Å². The van der Waals surface area contributed by atoms with Crippen LogP contribution in [-0.4, -0.2) is 29.1 Å². The van der Waals surface area contributed by atoms with Gasteiger partial charge in [0.1, 0.15) is 11.5 Å². The molecule has 5 nitrogen and oxygen atoms in total. The number of halogens is 1. The van der Waals surface area contributed by atoms with Crippen molar-refractivity contribution < 1.29 is 9.32 Å². The van der Waals surface area contributed by atoms with E-state index in [1.165, 1.54) is 0 Å². The zero-order chi connectivity index (χ0) is 13.0. The molecule has 0 aliphatic rings. The van der Waals surface area contributed by atoms with Crippen molar-refractivity contribution in [2.45, 2.75) is 39.8 Å². The van der Waals surface area contributed by atoms with Crippen molar-refractivity contribution in [3.8, 4) is 0 Å². The summed E-state index contributed by atoms with van der Waals surface area (Å²) in [6.45, 7) is 6.35. The Morgan fingerprint density at radius 1 is 1.56 bits per heavy atom. The van der Waals surface area contributed by atoms with Crippen LogP contribution in [0.3, 0.4) is 0 Å². The monoisotopic (exact) mass is 275 g/mol. The van der Waals surface area contributed by atoms with Crippen molar-refractivity contribution in [3.63, 3.8) is 0 Å². The number of hydrogen-bond donors (Lipinski definition) is 1. The van der Waals surface area contributed by atoms with E-state index in [0.717, 1.165) is 11.5 Å². The van der Waals surface area contributed by atoms with E-state index < -0.39 is 6.04 Å². The van der Waals surface area contributed by atoms with Crippen LogP contribution in [0.2, 0.25) is 0 Å². The third-order valence-corrected chi connectivity index (χ3v) is 2.49. The molecule has 0 saturated heterocycles. The fourth-order valence-corrected chi connectivity index (χ4v) is 1.71. The summed E-state index contributed by atoms with van der Waals surface area (Å²) in [6.07, 6.45) is 0.695. The Hall–Kier alpha value is -1.07. The van der Waals surface area contributed by atoms with Crippen LogP contribution >= 0.6 is 12.4 Å². The van der Waals surface area contributed by atoms with Gasteiger partial charge in [-0.15, -0.1) is 12.4 Å². The molecule has 2 N–H and O–H groups in total. The number of aromatic nitrogens is 1. The van der Waals surface area contributed by atoms with Gasteiger partial charge in [0, 0.05) is 13.1 Å². The highest BCUT2D eigenvalue weighted by atomic mass is 35.5. The summed E-state index contributed by atoms with van der Waals surface area (Å²) in [6, 6.07) is 1.38. The van der Waals surface area contributed by atoms with Crippen LogP contribution < -0.4 is 5.73 Å². The SMILES string of the molecule is Cc1cc(CN(C)C(=O)[C@@H](N)CC(C)C)no1.Cl. The lowest BCUT2D eigenvalue weighted by Gasteiger charge is -2.21. The van der Waals surface area contributed by atoms with Gasteiger partial charge in [0.25, 0.3) is 0 Å². The first kappa shape index (κ1) is 16.9. The molecule has 0 radical (unpaired) electrons. The van der Waals surface area contributed by atoms with Gasteiger partial charge in [0.2, 0.25) is 5.91 Å². The average molecular weight is 276 g/mol. The number of carbonyl (C=O) groups excluding carboxylic acids is 1. The molecule has 1 amide bonds. The second-order valence-corrected chi connectivity index (χ2v) is 4.86. The molecular formula is C12H22ClN3O2. The second kappa shape index (κ2) is 7.38. The van der Waals surface area contributed by atoms with E-state index >= 15 is 0 Å². The molecule has 0 aromatic carbocycles. The predicted octanol–water partition coefficient (Wildman–Crippen LogP) is 1.74. The summed E-state index contributed by atoms with van der Waals surface area (Å²) in [4.78, 5) is 13.5. The summed E-state index contributed by atoms with van der Waals surface area (Å²) in [5.41, 5.74) is 6.59. The number of amides is 1. The summed E-state index contributed by atoms with van der Waals surface area (Å²) in [5, 5.41) is 3.85. The predicted molar refractivity (Wildman–Crippen MR) is 72.4 cm³/mol. The lowest BCUT2D eigenvalue weighted by atomic mass is 10.0. The fourth-order valence-electron chi connectivity index (χ4n) is 1.71. The molecule has 0 unspecified atom stereocenters. The zero-order valence-electron chi connectivity index (χ0n) is 11.3. The first-order valence-corrected chi connectivity index (χ1v) is 5.83. The lowest BCUT2D eigenvalue weighted by molar-refractivity contribution is -0.132. The lowest BCUT2D eigenvalue weighted by Crippen LogP contribution is -2.42. The molecule has 0 aliphatic heterocycles. The number of likely N-dealkylation sites (N-methyl/N-ethyl adjacent to an activating group) is 1. The first-order valence-electron chi connectivity index (χ1n) is 5.83. The van der Waals surface area contributed by atoms with Crippen LogP contribution in [0.5, 0.6) is 0 Å². The van der Waals surface area contributed by atoms with Gasteiger partial charge in [-0.05, 0) is 19.3 Å². The highest BCUT2D eigenvalue weighted by molar-refractivity contribution is 5.85. The number of aryl methyl sites for hydroxylation is 1. The minimum atomic E-state index is -0.437. The van der Waals surface area contributed by atoms with Gasteiger partial charge in [-0.1, -0.05) is 19.0 Å². The normalized spacial score (nSPS) is 12.1. The number of hydrogen-bond acceptors (Lipinski definition) is 4. The molecular weight excluding hydrogens is 254 g/mol. The molecule has 104 valence electrons. The minimum absolute atomic E-state index is 0. The summed E-state index contributed by atoms with van der Waals surface area (Å²) < 4.78 is 4.95. The van der Waals surface area contributed by atoms with Gasteiger partial charge in [-0.25, -0.2) is 0 Å². The molecule has 1 aromatic rings. The summed E-state index contributed by atoms with van der Waals surface area (Å²) >= 11 is 0. The number of carbonyl (C=O) groups is 1. The van der Waals surface area contributed by atoms with E-state index in [1.54, 1.807) is 11.9 Å². The van der Waals surface area contributed by atoms with Crippen LogP contribution in [0.4, 0.5) is 0 Å². The first-order chi connectivity index (χ1) is 7.90. The maximum absolute atomic E-state index is 11.9. The third-order valence-electron chi connectivity index (χ3n) is 2.49. The maximum atomic E-state index is 11.9. The molecule has 0 spiro atoms. The van der Waals surface area contributed by atoms with Gasteiger partial charge in [0.15, 0.2) is 0 Å². The number of nitrogens with two attached hydrogens (primary N) is 1. The molecule has 1 atom stereocenters.